The average Bonchev–Trinajstić information content (AvgIpc) is 2.24. The minimum Gasteiger partial charge on any atom is -0.387 e. The number of nitrogens with one attached hydrogen (secondary N) is 1. The van der Waals surface area contributed by atoms with Gasteiger partial charge in [-0.25, -0.2) is 4.98 Å². The summed E-state index contributed by atoms with van der Waals surface area (Å²) in [4.78, 5) is 6.77. The second-order valence-corrected chi connectivity index (χ2v) is 5.14. The first-order valence-corrected chi connectivity index (χ1v) is 6.70. The zero-order valence-electron chi connectivity index (χ0n) is 10.5. The van der Waals surface area contributed by atoms with Gasteiger partial charge < -0.3 is 16.2 Å². The van der Waals surface area contributed by atoms with E-state index in [-0.39, 0.29) is 12.4 Å². The molecule has 4 N–H and O–H groups in total. The molecule has 0 radical (unpaired) electrons. The summed E-state index contributed by atoms with van der Waals surface area (Å²) in [6, 6.07) is 0.755. The summed E-state index contributed by atoms with van der Waals surface area (Å²) in [5.41, 5.74) is 3.05. The maximum Gasteiger partial charge on any atom is 0.433 e. The Morgan fingerprint density at radius 1 is 1.42 bits per heavy atom. The summed E-state index contributed by atoms with van der Waals surface area (Å²) < 4.78 is 37.5. The van der Waals surface area contributed by atoms with E-state index in [0.29, 0.717) is 5.75 Å². The van der Waals surface area contributed by atoms with Crippen LogP contribution in [-0.4, -0.2) is 39.2 Å². The molecule has 108 valence electrons. The van der Waals surface area contributed by atoms with Crippen molar-refractivity contribution >= 4 is 23.5 Å². The Kier molecular flexibility index (Phi) is 4.86. The van der Waals surface area contributed by atoms with Crippen molar-refractivity contribution in [1.82, 2.24) is 9.97 Å². The number of nitrogen functional groups attached to an aromatic ring is 1. The van der Waals surface area contributed by atoms with Gasteiger partial charge in [-0.2, -0.15) is 29.9 Å². The zero-order valence-corrected chi connectivity index (χ0v) is 11.3. The molecule has 19 heavy (non-hydrogen) atoms. The maximum atomic E-state index is 12.5. The van der Waals surface area contributed by atoms with Gasteiger partial charge in [-0.3, -0.25) is 0 Å². The molecule has 1 unspecified atom stereocenters. The summed E-state index contributed by atoms with van der Waals surface area (Å²) in [5, 5.41) is 12.5. The smallest absolute Gasteiger partial charge is 0.387 e. The molecule has 0 aliphatic heterocycles. The van der Waals surface area contributed by atoms with Gasteiger partial charge in [-0.1, -0.05) is 0 Å². The maximum absolute atomic E-state index is 12.5. The SMILES string of the molecule is CSCC(C)(O)CNc1cc(C(F)(F)F)nc(N)n1. The number of hydrogen-bond donors (Lipinski definition) is 3. The summed E-state index contributed by atoms with van der Waals surface area (Å²) in [6.45, 7) is 1.63. The Balaban J connectivity index is 2.82. The van der Waals surface area contributed by atoms with Gasteiger partial charge in [-0.15, -0.1) is 0 Å². The number of aliphatic hydroxyl groups is 1. The Hall–Kier alpha value is -1.22. The first-order valence-electron chi connectivity index (χ1n) is 5.31. The minimum absolute atomic E-state index is 0.0571. The van der Waals surface area contributed by atoms with Crippen molar-refractivity contribution in [3.05, 3.63) is 11.8 Å². The van der Waals surface area contributed by atoms with Crippen molar-refractivity contribution in [2.24, 2.45) is 0 Å². The highest BCUT2D eigenvalue weighted by Gasteiger charge is 2.33. The minimum atomic E-state index is -4.59. The van der Waals surface area contributed by atoms with Gasteiger partial charge in [0.1, 0.15) is 5.82 Å². The molecule has 1 heterocycles. The number of aromatic nitrogens is 2. The lowest BCUT2D eigenvalue weighted by molar-refractivity contribution is -0.141. The molecule has 0 fully saturated rings. The number of hydrogen-bond acceptors (Lipinski definition) is 6. The Morgan fingerprint density at radius 3 is 2.58 bits per heavy atom. The van der Waals surface area contributed by atoms with Gasteiger partial charge in [0, 0.05) is 18.4 Å². The molecule has 0 amide bonds. The Morgan fingerprint density at radius 2 is 2.05 bits per heavy atom. The lowest BCUT2D eigenvalue weighted by Gasteiger charge is -2.23. The van der Waals surface area contributed by atoms with Crippen molar-refractivity contribution in [1.29, 1.82) is 0 Å². The molecule has 1 rings (SSSR count). The van der Waals surface area contributed by atoms with Crippen LogP contribution in [0, 0.1) is 0 Å². The van der Waals surface area contributed by atoms with E-state index in [4.69, 9.17) is 5.73 Å². The third kappa shape index (κ3) is 5.11. The summed E-state index contributed by atoms with van der Waals surface area (Å²) in [5.74, 6) is -0.102. The van der Waals surface area contributed by atoms with Gasteiger partial charge in [0.05, 0.1) is 5.60 Å². The van der Waals surface area contributed by atoms with E-state index in [0.717, 1.165) is 6.07 Å². The predicted molar refractivity (Wildman–Crippen MR) is 68.9 cm³/mol. The molecule has 1 atom stereocenters. The highest BCUT2D eigenvalue weighted by Crippen LogP contribution is 2.29. The van der Waals surface area contributed by atoms with E-state index < -0.39 is 23.4 Å². The Bertz CT molecular complexity index is 439. The van der Waals surface area contributed by atoms with Crippen LogP contribution in [0.5, 0.6) is 0 Å². The summed E-state index contributed by atoms with van der Waals surface area (Å²) in [7, 11) is 0. The second-order valence-electron chi connectivity index (χ2n) is 4.28. The van der Waals surface area contributed by atoms with Crippen LogP contribution in [0.15, 0.2) is 6.07 Å². The van der Waals surface area contributed by atoms with Crippen molar-refractivity contribution in [2.75, 3.05) is 29.6 Å². The molecule has 0 spiro atoms. The number of halogens is 3. The van der Waals surface area contributed by atoms with Crippen LogP contribution >= 0.6 is 11.8 Å². The van der Waals surface area contributed by atoms with Crippen molar-refractivity contribution in [3.8, 4) is 0 Å². The van der Waals surface area contributed by atoms with E-state index in [1.54, 1.807) is 6.92 Å². The van der Waals surface area contributed by atoms with Gasteiger partial charge >= 0.3 is 6.18 Å². The number of anilines is 2. The van der Waals surface area contributed by atoms with E-state index in [2.05, 4.69) is 15.3 Å². The topological polar surface area (TPSA) is 84.1 Å². The van der Waals surface area contributed by atoms with Crippen LogP contribution in [0.3, 0.4) is 0 Å². The normalized spacial score (nSPS) is 15.1. The third-order valence-electron chi connectivity index (χ3n) is 2.14. The molecule has 0 saturated heterocycles. The van der Waals surface area contributed by atoms with Crippen molar-refractivity contribution in [3.63, 3.8) is 0 Å². The number of thioether (sulfide) groups is 1. The van der Waals surface area contributed by atoms with Crippen LogP contribution in [0.2, 0.25) is 0 Å². The fourth-order valence-electron chi connectivity index (χ4n) is 1.34. The lowest BCUT2D eigenvalue weighted by atomic mass is 10.1. The first kappa shape index (κ1) is 15.8. The second kappa shape index (κ2) is 5.83. The molecule has 5 nitrogen and oxygen atoms in total. The molecule has 0 saturated carbocycles. The molecule has 1 aromatic heterocycles. The highest BCUT2D eigenvalue weighted by molar-refractivity contribution is 7.98. The molecule has 0 aromatic carbocycles. The van der Waals surface area contributed by atoms with Gasteiger partial charge in [0.2, 0.25) is 5.95 Å². The van der Waals surface area contributed by atoms with Gasteiger partial charge in [0.15, 0.2) is 5.69 Å². The monoisotopic (exact) mass is 296 g/mol. The lowest BCUT2D eigenvalue weighted by Crippen LogP contribution is -2.36. The summed E-state index contributed by atoms with van der Waals surface area (Å²) >= 11 is 1.43. The summed E-state index contributed by atoms with van der Waals surface area (Å²) in [6.07, 6.45) is -2.77. The molecular formula is C10H15F3N4OS. The average molecular weight is 296 g/mol. The van der Waals surface area contributed by atoms with E-state index >= 15 is 0 Å². The molecule has 9 heteroatoms. The Labute approximate surface area is 112 Å². The van der Waals surface area contributed by atoms with E-state index in [9.17, 15) is 18.3 Å². The van der Waals surface area contributed by atoms with Crippen LogP contribution in [0.25, 0.3) is 0 Å². The van der Waals surface area contributed by atoms with Gasteiger partial charge in [0.25, 0.3) is 0 Å². The van der Waals surface area contributed by atoms with Crippen LogP contribution in [-0.2, 0) is 6.18 Å². The fraction of sp³-hybridized carbons (Fsp3) is 0.600. The fourth-order valence-corrected chi connectivity index (χ4v) is 2.07. The highest BCUT2D eigenvalue weighted by atomic mass is 32.2. The standard InChI is InChI=1S/C10H15F3N4OS/c1-9(18,5-19-2)4-15-7-3-6(10(11,12)13)16-8(14)17-7/h3,18H,4-5H2,1-2H3,(H3,14,15,16,17). The molecule has 0 aliphatic rings. The number of nitrogens with two attached hydrogens (primary N) is 1. The van der Waals surface area contributed by atoms with Crippen LogP contribution < -0.4 is 11.1 Å². The predicted octanol–water partition coefficient (Wildman–Crippen LogP) is 1.60. The number of nitrogens with zero attached hydrogens (tertiary/aromatic N) is 2. The molecular weight excluding hydrogens is 281 g/mol. The largest absolute Gasteiger partial charge is 0.433 e. The molecule has 0 bridgehead atoms. The molecule has 1 aromatic rings. The van der Waals surface area contributed by atoms with Crippen LogP contribution in [0.1, 0.15) is 12.6 Å². The van der Waals surface area contributed by atoms with Crippen LogP contribution in [0.4, 0.5) is 24.9 Å². The number of rotatable bonds is 5. The quantitative estimate of drug-likeness (QED) is 0.765. The van der Waals surface area contributed by atoms with Gasteiger partial charge in [-0.05, 0) is 13.2 Å². The van der Waals surface area contributed by atoms with Crippen molar-refractivity contribution in [2.45, 2.75) is 18.7 Å². The zero-order chi connectivity index (χ0) is 14.7. The van der Waals surface area contributed by atoms with Crippen molar-refractivity contribution < 1.29 is 18.3 Å². The third-order valence-corrected chi connectivity index (χ3v) is 3.05. The first-order chi connectivity index (χ1) is 8.64. The molecule has 0 aliphatic carbocycles. The van der Waals surface area contributed by atoms with E-state index in [1.807, 2.05) is 6.26 Å². The van der Waals surface area contributed by atoms with E-state index in [1.165, 1.54) is 11.8 Å². The number of alkyl halides is 3.